The minimum absolute atomic E-state index is 0.0445. The molecule has 3 rings (SSSR count). The lowest BCUT2D eigenvalue weighted by atomic mass is 9.97. The zero-order valence-corrected chi connectivity index (χ0v) is 16.5. The normalized spacial score (nSPS) is 17.3. The SMILES string of the molecule is C[C@H](OC(=O)C1=C(Nc2ccccc2)OCC1=O)C(=O)NCCC1=CCCCC1. The number of allylic oxidation sites excluding steroid dienone is 1. The Labute approximate surface area is 170 Å². The number of ether oxygens (including phenoxy) is 2. The van der Waals surface area contributed by atoms with Gasteiger partial charge < -0.3 is 20.1 Å². The van der Waals surface area contributed by atoms with Gasteiger partial charge >= 0.3 is 5.97 Å². The van der Waals surface area contributed by atoms with Gasteiger partial charge in [0, 0.05) is 12.2 Å². The van der Waals surface area contributed by atoms with Crippen LogP contribution in [0.2, 0.25) is 0 Å². The molecule has 0 fully saturated rings. The van der Waals surface area contributed by atoms with Crippen molar-refractivity contribution in [1.29, 1.82) is 0 Å². The second kappa shape index (κ2) is 9.91. The second-order valence-corrected chi connectivity index (χ2v) is 7.10. The van der Waals surface area contributed by atoms with E-state index in [0.717, 1.165) is 19.3 Å². The van der Waals surface area contributed by atoms with Gasteiger partial charge in [0.2, 0.25) is 11.7 Å². The lowest BCUT2D eigenvalue weighted by Gasteiger charge is -2.16. The van der Waals surface area contributed by atoms with Crippen molar-refractivity contribution in [3.8, 4) is 0 Å². The zero-order valence-electron chi connectivity index (χ0n) is 16.5. The van der Waals surface area contributed by atoms with Crippen LogP contribution in [0.5, 0.6) is 0 Å². The third kappa shape index (κ3) is 5.70. The predicted molar refractivity (Wildman–Crippen MR) is 108 cm³/mol. The molecule has 1 heterocycles. The van der Waals surface area contributed by atoms with Gasteiger partial charge in [0.05, 0.1) is 0 Å². The van der Waals surface area contributed by atoms with Crippen molar-refractivity contribution in [3.05, 3.63) is 53.4 Å². The van der Waals surface area contributed by atoms with E-state index in [1.807, 2.05) is 18.2 Å². The number of rotatable bonds is 8. The average molecular weight is 398 g/mol. The predicted octanol–water partition coefficient (Wildman–Crippen LogP) is 2.85. The fraction of sp³-hybridized carbons (Fsp3) is 0.409. The quantitative estimate of drug-likeness (QED) is 0.397. The lowest BCUT2D eigenvalue weighted by molar-refractivity contribution is -0.151. The zero-order chi connectivity index (χ0) is 20.6. The van der Waals surface area contributed by atoms with Crippen LogP contribution in [-0.2, 0) is 23.9 Å². The molecular weight excluding hydrogens is 372 g/mol. The summed E-state index contributed by atoms with van der Waals surface area (Å²) >= 11 is 0. The minimum Gasteiger partial charge on any atom is -0.470 e. The summed E-state index contributed by atoms with van der Waals surface area (Å²) in [5.41, 5.74) is 1.82. The number of carbonyl (C=O) groups excluding carboxylic acids is 3. The average Bonchev–Trinajstić information content (AvgIpc) is 3.09. The number of para-hydroxylation sites is 1. The van der Waals surface area contributed by atoms with Crippen LogP contribution in [0.1, 0.15) is 39.0 Å². The van der Waals surface area contributed by atoms with Crippen LogP contribution in [0.25, 0.3) is 0 Å². The summed E-state index contributed by atoms with van der Waals surface area (Å²) < 4.78 is 10.5. The van der Waals surface area contributed by atoms with E-state index in [1.165, 1.54) is 25.3 Å². The molecule has 1 aliphatic heterocycles. The summed E-state index contributed by atoms with van der Waals surface area (Å²) in [5.74, 6) is -1.70. The summed E-state index contributed by atoms with van der Waals surface area (Å²) in [7, 11) is 0. The van der Waals surface area contributed by atoms with Gasteiger partial charge in [-0.05, 0) is 51.2 Å². The number of anilines is 1. The third-order valence-electron chi connectivity index (χ3n) is 4.87. The number of amides is 1. The fourth-order valence-electron chi connectivity index (χ4n) is 3.26. The van der Waals surface area contributed by atoms with Crippen molar-refractivity contribution >= 4 is 23.3 Å². The summed E-state index contributed by atoms with van der Waals surface area (Å²) in [6.07, 6.45) is 6.62. The first kappa shape index (κ1) is 20.6. The highest BCUT2D eigenvalue weighted by atomic mass is 16.6. The molecule has 0 spiro atoms. The summed E-state index contributed by atoms with van der Waals surface area (Å²) in [5, 5.41) is 5.69. The Bertz CT molecular complexity index is 829. The van der Waals surface area contributed by atoms with Gasteiger partial charge in [-0.25, -0.2) is 4.79 Å². The molecule has 2 N–H and O–H groups in total. The van der Waals surface area contributed by atoms with E-state index in [9.17, 15) is 14.4 Å². The maximum Gasteiger partial charge on any atom is 0.348 e. The molecule has 1 amide bonds. The van der Waals surface area contributed by atoms with Crippen molar-refractivity contribution in [2.45, 2.75) is 45.1 Å². The fourth-order valence-corrected chi connectivity index (χ4v) is 3.26. The van der Waals surface area contributed by atoms with Crippen molar-refractivity contribution < 1.29 is 23.9 Å². The molecule has 1 aromatic rings. The molecule has 0 unspecified atom stereocenters. The maximum absolute atomic E-state index is 12.5. The topological polar surface area (TPSA) is 93.7 Å². The highest BCUT2D eigenvalue weighted by Crippen LogP contribution is 2.21. The molecule has 1 aromatic carbocycles. The monoisotopic (exact) mass is 398 g/mol. The van der Waals surface area contributed by atoms with E-state index < -0.39 is 17.9 Å². The third-order valence-corrected chi connectivity index (χ3v) is 4.87. The number of hydrogen-bond donors (Lipinski definition) is 2. The van der Waals surface area contributed by atoms with Crippen molar-refractivity contribution in [2.24, 2.45) is 0 Å². The highest BCUT2D eigenvalue weighted by Gasteiger charge is 2.34. The first-order valence-corrected chi connectivity index (χ1v) is 9.93. The van der Waals surface area contributed by atoms with Crippen LogP contribution in [-0.4, -0.2) is 36.9 Å². The van der Waals surface area contributed by atoms with Crippen LogP contribution in [0, 0.1) is 0 Å². The lowest BCUT2D eigenvalue weighted by Crippen LogP contribution is -2.37. The Hall–Kier alpha value is -3.09. The number of ketones is 1. The number of nitrogens with one attached hydrogen (secondary N) is 2. The van der Waals surface area contributed by atoms with Crippen LogP contribution >= 0.6 is 0 Å². The molecule has 0 saturated carbocycles. The van der Waals surface area contributed by atoms with Crippen LogP contribution < -0.4 is 10.6 Å². The maximum atomic E-state index is 12.5. The Morgan fingerprint density at radius 3 is 2.72 bits per heavy atom. The van der Waals surface area contributed by atoms with Crippen molar-refractivity contribution in [2.75, 3.05) is 18.5 Å². The standard InChI is InChI=1S/C22H26N2O5/c1-15(20(26)23-13-12-16-8-4-2-5-9-16)29-22(27)19-18(25)14-28-21(19)24-17-10-6-3-7-11-17/h3,6-8,10-11,15,24H,2,4-5,9,12-14H2,1H3,(H,23,26)/t15-/m0/s1. The van der Waals surface area contributed by atoms with Crippen LogP contribution in [0.4, 0.5) is 5.69 Å². The van der Waals surface area contributed by atoms with E-state index in [1.54, 1.807) is 12.1 Å². The molecule has 7 heteroatoms. The van der Waals surface area contributed by atoms with E-state index in [4.69, 9.17) is 9.47 Å². The summed E-state index contributed by atoms with van der Waals surface area (Å²) in [6, 6.07) is 9.03. The molecule has 0 aromatic heterocycles. The Morgan fingerprint density at radius 1 is 1.21 bits per heavy atom. The van der Waals surface area contributed by atoms with E-state index in [0.29, 0.717) is 12.2 Å². The van der Waals surface area contributed by atoms with E-state index >= 15 is 0 Å². The molecule has 7 nitrogen and oxygen atoms in total. The second-order valence-electron chi connectivity index (χ2n) is 7.10. The van der Waals surface area contributed by atoms with Crippen LogP contribution in [0.3, 0.4) is 0 Å². The van der Waals surface area contributed by atoms with Gasteiger partial charge in [-0.15, -0.1) is 0 Å². The molecule has 0 saturated heterocycles. The molecule has 0 radical (unpaired) electrons. The van der Waals surface area contributed by atoms with Gasteiger partial charge in [-0.1, -0.05) is 29.8 Å². The van der Waals surface area contributed by atoms with Gasteiger partial charge in [0.1, 0.15) is 0 Å². The number of Topliss-reactive ketones (excluding diaryl/α,β-unsaturated/α-hetero) is 1. The molecule has 154 valence electrons. The molecular formula is C22H26N2O5. The molecule has 29 heavy (non-hydrogen) atoms. The Morgan fingerprint density at radius 2 is 2.00 bits per heavy atom. The van der Waals surface area contributed by atoms with Gasteiger partial charge in [0.15, 0.2) is 18.3 Å². The van der Waals surface area contributed by atoms with Gasteiger partial charge in [0.25, 0.3) is 5.91 Å². The van der Waals surface area contributed by atoms with Crippen molar-refractivity contribution in [1.82, 2.24) is 5.32 Å². The number of esters is 1. The summed E-state index contributed by atoms with van der Waals surface area (Å²) in [6.45, 7) is 1.74. The van der Waals surface area contributed by atoms with E-state index in [2.05, 4.69) is 16.7 Å². The number of carbonyl (C=O) groups is 3. The first-order chi connectivity index (χ1) is 14.0. The number of hydrogen-bond acceptors (Lipinski definition) is 6. The Kier molecular flexibility index (Phi) is 7.05. The minimum atomic E-state index is -1.01. The molecule has 1 aliphatic carbocycles. The largest absolute Gasteiger partial charge is 0.470 e. The van der Waals surface area contributed by atoms with Gasteiger partial charge in [-0.3, -0.25) is 9.59 Å². The molecule has 0 bridgehead atoms. The highest BCUT2D eigenvalue weighted by molar-refractivity contribution is 6.20. The number of benzene rings is 1. The summed E-state index contributed by atoms with van der Waals surface area (Å²) in [4.78, 5) is 36.8. The molecule has 1 atom stereocenters. The van der Waals surface area contributed by atoms with Gasteiger partial charge in [-0.2, -0.15) is 0 Å². The smallest absolute Gasteiger partial charge is 0.348 e. The van der Waals surface area contributed by atoms with Crippen LogP contribution in [0.15, 0.2) is 53.4 Å². The Balaban J connectivity index is 1.54. The van der Waals surface area contributed by atoms with E-state index in [-0.39, 0.29) is 24.0 Å². The molecule has 2 aliphatic rings. The first-order valence-electron chi connectivity index (χ1n) is 9.93. The van der Waals surface area contributed by atoms with Crippen molar-refractivity contribution in [3.63, 3.8) is 0 Å².